The van der Waals surface area contributed by atoms with Crippen LogP contribution in [0.15, 0.2) is 11.3 Å². The number of hydrogen-bond acceptors (Lipinski definition) is 3. The van der Waals surface area contributed by atoms with Gasteiger partial charge < -0.3 is 5.32 Å². The molecule has 0 bridgehead atoms. The molecule has 0 aliphatic carbocycles. The highest BCUT2D eigenvalue weighted by molar-refractivity contribution is 5.95. The smallest absolute Gasteiger partial charge is 0.157 e. The Bertz CT molecular complexity index is 317. The zero-order valence-corrected chi connectivity index (χ0v) is 9.23. The van der Waals surface area contributed by atoms with Crippen LogP contribution in [-0.2, 0) is 9.59 Å². The van der Waals surface area contributed by atoms with Crippen LogP contribution in [0.2, 0.25) is 0 Å². The third-order valence-corrected chi connectivity index (χ3v) is 2.99. The summed E-state index contributed by atoms with van der Waals surface area (Å²) in [4.78, 5) is 22.6. The van der Waals surface area contributed by atoms with Crippen LogP contribution in [0.1, 0.15) is 40.5 Å². The van der Waals surface area contributed by atoms with Gasteiger partial charge in [0.25, 0.3) is 0 Å². The van der Waals surface area contributed by atoms with Crippen molar-refractivity contribution in [3.05, 3.63) is 11.3 Å². The molecule has 0 saturated carbocycles. The molecule has 1 aliphatic heterocycles. The van der Waals surface area contributed by atoms with Crippen LogP contribution in [-0.4, -0.2) is 17.1 Å². The molecule has 3 nitrogen and oxygen atoms in total. The van der Waals surface area contributed by atoms with Gasteiger partial charge in [0.05, 0.1) is 5.54 Å². The SMILES string of the molecule is CC(=O)C1=C(C)NC(C)(C(C)=O)CC1. The van der Waals surface area contributed by atoms with Crippen molar-refractivity contribution in [3.8, 4) is 0 Å². The second kappa shape index (κ2) is 3.56. The quantitative estimate of drug-likeness (QED) is 0.727. The van der Waals surface area contributed by atoms with Gasteiger partial charge in [0.15, 0.2) is 11.6 Å². The highest BCUT2D eigenvalue weighted by Crippen LogP contribution is 2.26. The van der Waals surface area contributed by atoms with E-state index in [0.717, 1.165) is 11.3 Å². The van der Waals surface area contributed by atoms with Gasteiger partial charge in [-0.2, -0.15) is 0 Å². The molecule has 0 amide bonds. The van der Waals surface area contributed by atoms with Gasteiger partial charge in [-0.3, -0.25) is 9.59 Å². The fraction of sp³-hybridized carbons (Fsp3) is 0.636. The van der Waals surface area contributed by atoms with Crippen LogP contribution in [0.5, 0.6) is 0 Å². The first-order chi connectivity index (χ1) is 6.37. The van der Waals surface area contributed by atoms with Crippen molar-refractivity contribution >= 4 is 11.6 Å². The molecular formula is C11H17NO2. The van der Waals surface area contributed by atoms with E-state index >= 15 is 0 Å². The number of rotatable bonds is 2. The fourth-order valence-electron chi connectivity index (χ4n) is 1.82. The minimum atomic E-state index is -0.483. The molecule has 1 aliphatic rings. The first kappa shape index (κ1) is 11.0. The molecule has 3 heteroatoms. The standard InChI is InChI=1S/C11H17NO2/c1-7-10(8(2)13)5-6-11(4,12-7)9(3)14/h12H,5-6H2,1-4H3. The predicted molar refractivity (Wildman–Crippen MR) is 54.8 cm³/mol. The van der Waals surface area contributed by atoms with E-state index in [4.69, 9.17) is 0 Å². The summed E-state index contributed by atoms with van der Waals surface area (Å²) < 4.78 is 0. The number of Topliss-reactive ketones (excluding diaryl/α,β-unsaturated/α-hetero) is 2. The summed E-state index contributed by atoms with van der Waals surface area (Å²) in [6.07, 6.45) is 1.40. The fourth-order valence-corrected chi connectivity index (χ4v) is 1.82. The van der Waals surface area contributed by atoms with E-state index in [9.17, 15) is 9.59 Å². The van der Waals surface area contributed by atoms with Crippen molar-refractivity contribution in [2.75, 3.05) is 0 Å². The van der Waals surface area contributed by atoms with E-state index < -0.39 is 5.54 Å². The predicted octanol–water partition coefficient (Wildman–Crippen LogP) is 1.58. The zero-order valence-electron chi connectivity index (χ0n) is 9.23. The molecule has 0 saturated heterocycles. The van der Waals surface area contributed by atoms with E-state index in [0.29, 0.717) is 12.8 Å². The first-order valence-corrected chi connectivity index (χ1v) is 4.87. The van der Waals surface area contributed by atoms with Gasteiger partial charge in [-0.25, -0.2) is 0 Å². The van der Waals surface area contributed by atoms with Gasteiger partial charge in [0.1, 0.15) is 0 Å². The molecule has 78 valence electrons. The van der Waals surface area contributed by atoms with E-state index in [1.165, 1.54) is 0 Å². The summed E-state index contributed by atoms with van der Waals surface area (Å²) in [6.45, 7) is 6.89. The van der Waals surface area contributed by atoms with Gasteiger partial charge in [-0.15, -0.1) is 0 Å². The Kier molecular flexibility index (Phi) is 2.79. The number of carbonyl (C=O) groups is 2. The van der Waals surface area contributed by atoms with Crippen molar-refractivity contribution in [2.24, 2.45) is 0 Å². The van der Waals surface area contributed by atoms with Crippen LogP contribution in [0.25, 0.3) is 0 Å². The Balaban J connectivity index is 2.94. The molecule has 0 fully saturated rings. The zero-order chi connectivity index (χ0) is 10.9. The number of carbonyl (C=O) groups excluding carboxylic acids is 2. The summed E-state index contributed by atoms with van der Waals surface area (Å²) in [7, 11) is 0. The van der Waals surface area contributed by atoms with Crippen molar-refractivity contribution in [2.45, 2.75) is 46.1 Å². The van der Waals surface area contributed by atoms with Crippen LogP contribution in [0.4, 0.5) is 0 Å². The van der Waals surface area contributed by atoms with Gasteiger partial charge in [0.2, 0.25) is 0 Å². The average Bonchev–Trinajstić information content (AvgIpc) is 2.02. The molecule has 0 radical (unpaired) electrons. The number of ketones is 2. The first-order valence-electron chi connectivity index (χ1n) is 4.87. The lowest BCUT2D eigenvalue weighted by molar-refractivity contribution is -0.123. The Labute approximate surface area is 84.6 Å². The number of nitrogens with one attached hydrogen (secondary N) is 1. The Morgan fingerprint density at radius 2 is 1.93 bits per heavy atom. The van der Waals surface area contributed by atoms with Gasteiger partial charge >= 0.3 is 0 Å². The van der Waals surface area contributed by atoms with E-state index in [-0.39, 0.29) is 11.6 Å². The van der Waals surface area contributed by atoms with Gasteiger partial charge in [-0.05, 0) is 40.5 Å². The Morgan fingerprint density at radius 3 is 2.29 bits per heavy atom. The lowest BCUT2D eigenvalue weighted by atomic mass is 9.84. The topological polar surface area (TPSA) is 46.2 Å². The van der Waals surface area contributed by atoms with Crippen LogP contribution in [0.3, 0.4) is 0 Å². The van der Waals surface area contributed by atoms with E-state index in [1.807, 2.05) is 13.8 Å². The molecule has 1 heterocycles. The van der Waals surface area contributed by atoms with Crippen LogP contribution >= 0.6 is 0 Å². The largest absolute Gasteiger partial charge is 0.376 e. The maximum absolute atomic E-state index is 11.4. The molecule has 0 spiro atoms. The molecule has 14 heavy (non-hydrogen) atoms. The Morgan fingerprint density at radius 1 is 1.36 bits per heavy atom. The summed E-state index contributed by atoms with van der Waals surface area (Å²) in [5.74, 6) is 0.222. The summed E-state index contributed by atoms with van der Waals surface area (Å²) in [6, 6.07) is 0. The Hall–Kier alpha value is -1.12. The molecule has 0 aromatic heterocycles. The van der Waals surface area contributed by atoms with Crippen molar-refractivity contribution in [1.82, 2.24) is 5.32 Å². The molecule has 1 rings (SSSR count). The molecule has 0 aromatic rings. The minimum Gasteiger partial charge on any atom is -0.376 e. The lowest BCUT2D eigenvalue weighted by Crippen LogP contribution is -2.50. The van der Waals surface area contributed by atoms with E-state index in [2.05, 4.69) is 5.32 Å². The maximum atomic E-state index is 11.4. The third kappa shape index (κ3) is 1.86. The van der Waals surface area contributed by atoms with Crippen LogP contribution < -0.4 is 5.32 Å². The van der Waals surface area contributed by atoms with Crippen molar-refractivity contribution < 1.29 is 9.59 Å². The highest BCUT2D eigenvalue weighted by atomic mass is 16.1. The van der Waals surface area contributed by atoms with Gasteiger partial charge in [0, 0.05) is 11.3 Å². The molecule has 1 unspecified atom stereocenters. The van der Waals surface area contributed by atoms with E-state index in [1.54, 1.807) is 13.8 Å². The second-order valence-corrected chi connectivity index (χ2v) is 4.17. The highest BCUT2D eigenvalue weighted by Gasteiger charge is 2.34. The molecule has 1 atom stereocenters. The number of hydrogen-bond donors (Lipinski definition) is 1. The van der Waals surface area contributed by atoms with Crippen molar-refractivity contribution in [1.29, 1.82) is 0 Å². The minimum absolute atomic E-state index is 0.0978. The summed E-state index contributed by atoms with van der Waals surface area (Å²) in [5.41, 5.74) is 1.19. The van der Waals surface area contributed by atoms with Gasteiger partial charge in [-0.1, -0.05) is 0 Å². The summed E-state index contributed by atoms with van der Waals surface area (Å²) >= 11 is 0. The molecule has 0 aromatic carbocycles. The normalized spacial score (nSPS) is 27.1. The third-order valence-electron chi connectivity index (χ3n) is 2.99. The second-order valence-electron chi connectivity index (χ2n) is 4.17. The van der Waals surface area contributed by atoms with Crippen molar-refractivity contribution in [3.63, 3.8) is 0 Å². The molecule has 1 N–H and O–H groups in total. The number of allylic oxidation sites excluding steroid dienone is 2. The lowest BCUT2D eigenvalue weighted by Gasteiger charge is -2.34. The van der Waals surface area contributed by atoms with Crippen LogP contribution in [0, 0.1) is 0 Å². The average molecular weight is 195 g/mol. The summed E-state index contributed by atoms with van der Waals surface area (Å²) in [5, 5.41) is 3.13. The monoisotopic (exact) mass is 195 g/mol. The molecular weight excluding hydrogens is 178 g/mol. The maximum Gasteiger partial charge on any atom is 0.157 e.